The fourth-order valence-electron chi connectivity index (χ4n) is 0. The fraction of sp³-hybridized carbons (Fsp3) is 0. The van der Waals surface area contributed by atoms with Crippen LogP contribution in [0.5, 0.6) is 0 Å². The summed E-state index contributed by atoms with van der Waals surface area (Å²) in [6, 6.07) is 0. The van der Waals surface area contributed by atoms with Gasteiger partial charge in [-0.25, -0.2) is 0 Å². The summed E-state index contributed by atoms with van der Waals surface area (Å²) in [6.07, 6.45) is 0. The van der Waals surface area contributed by atoms with Gasteiger partial charge in [0.25, 0.3) is 0 Å². The van der Waals surface area contributed by atoms with E-state index in [2.05, 4.69) is 21.6 Å². The van der Waals surface area contributed by atoms with Crippen LogP contribution in [-0.4, -0.2) is 0 Å². The molecule has 0 atom stereocenters. The van der Waals surface area contributed by atoms with E-state index in [1.807, 2.05) is 0 Å². The van der Waals surface area contributed by atoms with Gasteiger partial charge in [0.2, 0.25) is 0 Å². The Hall–Kier alpha value is 1.43. The van der Waals surface area contributed by atoms with Crippen LogP contribution < -0.4 is 17.0 Å². The van der Waals surface area contributed by atoms with Crippen LogP contribution in [0.25, 0.3) is 0 Å². The Balaban J connectivity index is 2.32. The van der Waals surface area contributed by atoms with Gasteiger partial charge in [-0.1, -0.05) is 0 Å². The third-order valence-electron chi connectivity index (χ3n) is 0. The molecule has 0 fully saturated rings. The van der Waals surface area contributed by atoms with E-state index in [-0.39, 0.29) is 0 Å². The van der Waals surface area contributed by atoms with Crippen LogP contribution in [-0.2, 0) is 0 Å². The van der Waals surface area contributed by atoms with Crippen molar-refractivity contribution in [2.75, 3.05) is 0 Å². The molecule has 0 saturated carbocycles. The first-order chi connectivity index (χ1) is 1.73. The van der Waals surface area contributed by atoms with E-state index in [1.165, 1.54) is 0 Å². The van der Waals surface area contributed by atoms with Crippen LogP contribution in [0.3, 0.4) is 0 Å². The van der Waals surface area contributed by atoms with Crippen LogP contribution in [0.1, 0.15) is 0 Å². The van der Waals surface area contributed by atoms with Crippen molar-refractivity contribution in [1.82, 2.24) is 0 Å². The summed E-state index contributed by atoms with van der Waals surface area (Å²) in [7, 11) is 4.68. The summed E-state index contributed by atoms with van der Waals surface area (Å²) in [4.78, 5) is 0. The molecule has 0 saturated heterocycles. The fourth-order valence-corrected chi connectivity index (χ4v) is 0. The number of hydrogen-bond acceptors (Lipinski definition) is 0. The molecule has 4 heteroatoms. The predicted molar refractivity (Wildman–Crippen MR) is 15.9 cm³/mol. The minimum atomic E-state index is -2.48. The van der Waals surface area contributed by atoms with Gasteiger partial charge in [-0.05, 0) is 0 Å². The van der Waals surface area contributed by atoms with Crippen LogP contribution in [0, 0.1) is 0 Å². The molecule has 0 heterocycles. The average molecular weight is 261 g/mol. The van der Waals surface area contributed by atoms with Crippen LogP contribution in [0.2, 0.25) is 0 Å². The van der Waals surface area contributed by atoms with Gasteiger partial charge < -0.3 is 0 Å². The molecule has 0 N–H and O–H groups in total. The third kappa shape index (κ3) is 9.90. The van der Waals surface area contributed by atoms with Crippen molar-refractivity contribution < 1.29 is 19.9 Å². The second-order valence-electron chi connectivity index (χ2n) is 0.162. The SMILES string of the molecule is F[I-](Cl)Br. The van der Waals surface area contributed by atoms with Gasteiger partial charge in [0.1, 0.15) is 0 Å². The molecule has 0 nitrogen and oxygen atoms in total. The second kappa shape index (κ2) is 2.66. The monoisotopic (exact) mass is 260 g/mol. The van der Waals surface area contributed by atoms with E-state index < -0.39 is 17.0 Å². The number of hydrogen-bond donors (Lipinski definition) is 0. The van der Waals surface area contributed by atoms with Gasteiger partial charge in [-0.15, -0.1) is 0 Å². The van der Waals surface area contributed by atoms with E-state index in [1.54, 1.807) is 0 Å². The van der Waals surface area contributed by atoms with Crippen LogP contribution >= 0.6 is 21.6 Å². The molecule has 0 amide bonds. The quantitative estimate of drug-likeness (QED) is 0.489. The Morgan fingerprint density at radius 1 is 2.00 bits per heavy atom. The molecular formula is BrClFI-. The Morgan fingerprint density at radius 2 is 2.00 bits per heavy atom. The van der Waals surface area contributed by atoms with Crippen molar-refractivity contribution in [3.8, 4) is 0 Å². The molecule has 4 heavy (non-hydrogen) atoms. The first kappa shape index (κ1) is 5.43. The van der Waals surface area contributed by atoms with Crippen LogP contribution in [0.15, 0.2) is 0 Å². The molecule has 0 aromatic heterocycles. The average Bonchev–Trinajstić information content (AvgIpc) is 0.811. The van der Waals surface area contributed by atoms with E-state index >= 15 is 0 Å². The molecule has 0 spiro atoms. The standard InChI is InChI=1S/BrClFI/c1-4(2)3/q-1. The zero-order chi connectivity index (χ0) is 3.58. The second-order valence-corrected chi connectivity index (χ2v) is 8.61. The Kier molecular flexibility index (Phi) is 3.61. The van der Waals surface area contributed by atoms with E-state index in [0.717, 1.165) is 0 Å². The van der Waals surface area contributed by atoms with Crippen molar-refractivity contribution in [2.45, 2.75) is 0 Å². The first-order valence-electron chi connectivity index (χ1n) is 0.429. The minimum absolute atomic E-state index is 2.48. The van der Waals surface area contributed by atoms with Crippen molar-refractivity contribution >= 4 is 21.6 Å². The van der Waals surface area contributed by atoms with Crippen molar-refractivity contribution in [1.29, 1.82) is 0 Å². The molecular weight excluding hydrogens is 261 g/mol. The molecule has 0 rings (SSSR count). The van der Waals surface area contributed by atoms with Crippen molar-refractivity contribution in [3.63, 3.8) is 0 Å². The summed E-state index contributed by atoms with van der Waals surface area (Å²) >= 11 is 0.0477. The molecule has 0 aromatic carbocycles. The third-order valence-corrected chi connectivity index (χ3v) is 0. The van der Waals surface area contributed by atoms with Gasteiger partial charge in [0.05, 0.1) is 0 Å². The molecule has 1 radical (unpaired) electrons. The van der Waals surface area contributed by atoms with E-state index in [0.29, 0.717) is 0 Å². The molecule has 0 bridgehead atoms. The van der Waals surface area contributed by atoms with Gasteiger partial charge >= 0.3 is 41.5 Å². The molecule has 0 aromatic rings. The van der Waals surface area contributed by atoms with Gasteiger partial charge in [0, 0.05) is 0 Å². The van der Waals surface area contributed by atoms with Gasteiger partial charge in [0.15, 0.2) is 0 Å². The summed E-state index contributed by atoms with van der Waals surface area (Å²) in [5.74, 6) is 0. The summed E-state index contributed by atoms with van der Waals surface area (Å²) in [5, 5.41) is 0. The van der Waals surface area contributed by atoms with Crippen molar-refractivity contribution in [2.24, 2.45) is 0 Å². The Labute approximate surface area is 41.3 Å². The van der Waals surface area contributed by atoms with Crippen molar-refractivity contribution in [3.05, 3.63) is 0 Å². The Morgan fingerprint density at radius 3 is 2.00 bits per heavy atom. The maximum absolute atomic E-state index is 10.8. The Bertz CT molecular complexity index is 12.8. The molecule has 0 aliphatic rings. The molecule has 29 valence electrons. The molecule has 0 aliphatic carbocycles. The summed E-state index contributed by atoms with van der Waals surface area (Å²) in [6.45, 7) is 0. The number of rotatable bonds is 0. The number of halogens is 4. The summed E-state index contributed by atoms with van der Waals surface area (Å²) < 4.78 is 10.8. The summed E-state index contributed by atoms with van der Waals surface area (Å²) in [5.41, 5.74) is 0. The van der Waals surface area contributed by atoms with E-state index in [9.17, 15) is 2.86 Å². The topological polar surface area (TPSA) is 0 Å². The zero-order valence-corrected chi connectivity index (χ0v) is 6.01. The normalized spacial score (nSPS) is 11.2. The molecule has 0 aliphatic heterocycles. The molecule has 0 unspecified atom stereocenters. The predicted octanol–water partition coefficient (Wildman–Crippen LogP) is -1.04. The van der Waals surface area contributed by atoms with Gasteiger partial charge in [-0.3, -0.25) is 0 Å². The van der Waals surface area contributed by atoms with E-state index in [4.69, 9.17) is 0 Å². The van der Waals surface area contributed by atoms with Crippen LogP contribution in [0.4, 0.5) is 2.86 Å². The van der Waals surface area contributed by atoms with Gasteiger partial charge in [-0.2, -0.15) is 0 Å². The zero-order valence-electron chi connectivity index (χ0n) is 1.51. The first-order valence-corrected chi connectivity index (χ1v) is 8.81. The maximum atomic E-state index is 10.8.